The lowest BCUT2D eigenvalue weighted by Crippen LogP contribution is -2.16. The maximum absolute atomic E-state index is 12.9. The number of thioether (sulfide) groups is 1. The summed E-state index contributed by atoms with van der Waals surface area (Å²) in [6, 6.07) is 5.57. The molecular formula is C17H22FN5O2S. The van der Waals surface area contributed by atoms with Crippen LogP contribution >= 0.6 is 11.8 Å². The van der Waals surface area contributed by atoms with Crippen molar-refractivity contribution < 1.29 is 14.0 Å². The molecule has 0 atom stereocenters. The second-order valence-corrected chi connectivity index (χ2v) is 7.16. The Morgan fingerprint density at radius 2 is 1.96 bits per heavy atom. The van der Waals surface area contributed by atoms with Gasteiger partial charge >= 0.3 is 0 Å². The van der Waals surface area contributed by atoms with E-state index in [-0.39, 0.29) is 23.9 Å². The predicted octanol–water partition coefficient (Wildman–Crippen LogP) is 2.22. The van der Waals surface area contributed by atoms with Crippen LogP contribution in [0, 0.1) is 11.7 Å². The van der Waals surface area contributed by atoms with E-state index in [9.17, 15) is 14.0 Å². The maximum atomic E-state index is 12.9. The Kier molecular flexibility index (Phi) is 7.14. The zero-order chi connectivity index (χ0) is 19.1. The Hall–Kier alpha value is -2.42. The number of nitrogens with one attached hydrogen (secondary N) is 1. The van der Waals surface area contributed by atoms with Gasteiger partial charge in [-0.3, -0.25) is 9.59 Å². The van der Waals surface area contributed by atoms with Crippen LogP contribution in [-0.2, 0) is 22.6 Å². The van der Waals surface area contributed by atoms with Crippen LogP contribution in [0.5, 0.6) is 0 Å². The molecule has 2 aromatic rings. The number of primary amides is 1. The highest BCUT2D eigenvalue weighted by molar-refractivity contribution is 7.99. The lowest BCUT2D eigenvalue weighted by molar-refractivity contribution is -0.118. The molecule has 0 spiro atoms. The van der Waals surface area contributed by atoms with E-state index < -0.39 is 5.91 Å². The molecule has 0 aliphatic rings. The average molecular weight is 379 g/mol. The summed E-state index contributed by atoms with van der Waals surface area (Å²) in [5.41, 5.74) is 5.73. The van der Waals surface area contributed by atoms with Gasteiger partial charge in [0.2, 0.25) is 11.8 Å². The van der Waals surface area contributed by atoms with E-state index in [1.807, 2.05) is 4.57 Å². The first kappa shape index (κ1) is 19.9. The Balaban J connectivity index is 1.99. The minimum atomic E-state index is -0.392. The number of halogens is 1. The highest BCUT2D eigenvalue weighted by Crippen LogP contribution is 2.20. The smallest absolute Gasteiger partial charge is 0.234 e. The van der Waals surface area contributed by atoms with Crippen molar-refractivity contribution in [2.24, 2.45) is 11.7 Å². The van der Waals surface area contributed by atoms with Gasteiger partial charge in [0.05, 0.1) is 5.75 Å². The number of aromatic nitrogens is 3. The molecule has 1 aromatic heterocycles. The minimum Gasteiger partial charge on any atom is -0.370 e. The van der Waals surface area contributed by atoms with E-state index >= 15 is 0 Å². The van der Waals surface area contributed by atoms with E-state index in [1.54, 1.807) is 0 Å². The summed E-state index contributed by atoms with van der Waals surface area (Å²) in [5.74, 6) is 0.201. The minimum absolute atomic E-state index is 0.142. The molecule has 0 saturated heterocycles. The summed E-state index contributed by atoms with van der Waals surface area (Å²) >= 11 is 1.26. The van der Waals surface area contributed by atoms with Crippen molar-refractivity contribution in [1.29, 1.82) is 0 Å². The molecule has 1 heterocycles. The molecule has 0 unspecified atom stereocenters. The number of carbonyl (C=O) groups is 2. The number of nitrogens with zero attached hydrogens (tertiary/aromatic N) is 3. The van der Waals surface area contributed by atoms with Gasteiger partial charge in [0.15, 0.2) is 5.16 Å². The Morgan fingerprint density at radius 3 is 2.58 bits per heavy atom. The lowest BCUT2D eigenvalue weighted by atomic mass is 10.2. The largest absolute Gasteiger partial charge is 0.370 e. The van der Waals surface area contributed by atoms with Crippen molar-refractivity contribution in [3.63, 3.8) is 0 Å². The maximum Gasteiger partial charge on any atom is 0.234 e. The van der Waals surface area contributed by atoms with Crippen LogP contribution in [0.15, 0.2) is 29.4 Å². The fraction of sp³-hybridized carbons (Fsp3) is 0.412. The fourth-order valence-corrected chi connectivity index (χ4v) is 3.02. The first-order valence-electron chi connectivity index (χ1n) is 8.23. The Bertz CT molecular complexity index is 761. The molecule has 0 radical (unpaired) electrons. The van der Waals surface area contributed by atoms with E-state index in [0.29, 0.717) is 35.6 Å². The van der Waals surface area contributed by atoms with Crippen LogP contribution in [0.4, 0.5) is 10.1 Å². The second-order valence-electron chi connectivity index (χ2n) is 6.21. The number of benzene rings is 1. The third kappa shape index (κ3) is 6.14. The molecule has 0 aliphatic carbocycles. The van der Waals surface area contributed by atoms with Crippen LogP contribution in [0.25, 0.3) is 0 Å². The first-order valence-corrected chi connectivity index (χ1v) is 9.22. The zero-order valence-corrected chi connectivity index (χ0v) is 15.6. The molecule has 7 nitrogen and oxygen atoms in total. The van der Waals surface area contributed by atoms with Crippen LogP contribution in [0.2, 0.25) is 0 Å². The second kappa shape index (κ2) is 9.33. The number of aryl methyl sites for hydroxylation is 1. The molecule has 2 amide bonds. The number of hydrogen-bond acceptors (Lipinski definition) is 5. The third-order valence-electron chi connectivity index (χ3n) is 3.40. The summed E-state index contributed by atoms with van der Waals surface area (Å²) in [7, 11) is 0. The van der Waals surface area contributed by atoms with E-state index in [2.05, 4.69) is 29.4 Å². The van der Waals surface area contributed by atoms with E-state index in [4.69, 9.17) is 5.73 Å². The molecule has 1 aromatic carbocycles. The van der Waals surface area contributed by atoms with Crippen LogP contribution in [-0.4, -0.2) is 32.3 Å². The van der Waals surface area contributed by atoms with Crippen LogP contribution in [0.3, 0.4) is 0 Å². The monoisotopic (exact) mass is 379 g/mol. The SMILES string of the molecule is CC(C)Cn1c(CCC(N)=O)nnc1SCC(=O)Nc1ccc(F)cc1. The highest BCUT2D eigenvalue weighted by atomic mass is 32.2. The van der Waals surface area contributed by atoms with E-state index in [1.165, 1.54) is 36.0 Å². The molecule has 9 heteroatoms. The number of nitrogens with two attached hydrogens (primary N) is 1. The van der Waals surface area contributed by atoms with Crippen LogP contribution < -0.4 is 11.1 Å². The van der Waals surface area contributed by atoms with Crippen LogP contribution in [0.1, 0.15) is 26.1 Å². The normalized spacial score (nSPS) is 10.9. The quantitative estimate of drug-likeness (QED) is 0.650. The number of amides is 2. The number of hydrogen-bond donors (Lipinski definition) is 2. The third-order valence-corrected chi connectivity index (χ3v) is 4.36. The molecule has 0 aliphatic heterocycles. The van der Waals surface area contributed by atoms with Crippen molar-refractivity contribution in [2.75, 3.05) is 11.1 Å². The fourth-order valence-electron chi connectivity index (χ4n) is 2.25. The molecule has 3 N–H and O–H groups in total. The van der Waals surface area contributed by atoms with Crippen molar-refractivity contribution in [3.8, 4) is 0 Å². The summed E-state index contributed by atoms with van der Waals surface area (Å²) in [6.07, 6.45) is 0.614. The summed E-state index contributed by atoms with van der Waals surface area (Å²) < 4.78 is 14.8. The lowest BCUT2D eigenvalue weighted by Gasteiger charge is -2.12. The molecule has 0 saturated carbocycles. The van der Waals surface area contributed by atoms with Crippen molar-refractivity contribution in [3.05, 3.63) is 35.9 Å². The van der Waals surface area contributed by atoms with Crippen molar-refractivity contribution >= 4 is 29.3 Å². The summed E-state index contributed by atoms with van der Waals surface area (Å²) in [4.78, 5) is 23.1. The van der Waals surface area contributed by atoms with Crippen molar-refractivity contribution in [2.45, 2.75) is 38.4 Å². The van der Waals surface area contributed by atoms with Gasteiger partial charge in [0, 0.05) is 25.1 Å². The molecule has 2 rings (SSSR count). The van der Waals surface area contributed by atoms with E-state index in [0.717, 1.165) is 0 Å². The van der Waals surface area contributed by atoms with Crippen molar-refractivity contribution in [1.82, 2.24) is 14.8 Å². The molecule has 0 fully saturated rings. The highest BCUT2D eigenvalue weighted by Gasteiger charge is 2.16. The van der Waals surface area contributed by atoms with Gasteiger partial charge in [0.25, 0.3) is 0 Å². The standard InChI is InChI=1S/C17H22FN5O2S/c1-11(2)9-23-15(8-7-14(19)24)21-22-17(23)26-10-16(25)20-13-5-3-12(18)4-6-13/h3-6,11H,7-10H2,1-2H3,(H2,19,24)(H,20,25). The predicted molar refractivity (Wildman–Crippen MR) is 98.1 cm³/mol. The number of rotatable bonds is 9. The molecule has 0 bridgehead atoms. The Morgan fingerprint density at radius 1 is 1.27 bits per heavy atom. The summed E-state index contributed by atoms with van der Waals surface area (Å²) in [6.45, 7) is 4.81. The van der Waals surface area contributed by atoms with Gasteiger partial charge in [-0.05, 0) is 30.2 Å². The zero-order valence-electron chi connectivity index (χ0n) is 14.7. The average Bonchev–Trinajstić information content (AvgIpc) is 2.94. The van der Waals surface area contributed by atoms with Gasteiger partial charge in [-0.2, -0.15) is 0 Å². The van der Waals surface area contributed by atoms with Gasteiger partial charge in [-0.1, -0.05) is 25.6 Å². The van der Waals surface area contributed by atoms with Gasteiger partial charge < -0.3 is 15.6 Å². The Labute approximate surface area is 155 Å². The number of carbonyl (C=O) groups excluding carboxylic acids is 2. The summed E-state index contributed by atoms with van der Waals surface area (Å²) in [5, 5.41) is 11.6. The molecule has 140 valence electrons. The number of anilines is 1. The molecular weight excluding hydrogens is 357 g/mol. The first-order chi connectivity index (χ1) is 12.3. The molecule has 26 heavy (non-hydrogen) atoms. The van der Waals surface area contributed by atoms with Gasteiger partial charge in [-0.25, -0.2) is 4.39 Å². The van der Waals surface area contributed by atoms with Gasteiger partial charge in [-0.15, -0.1) is 10.2 Å². The van der Waals surface area contributed by atoms with Gasteiger partial charge in [0.1, 0.15) is 11.6 Å². The topological polar surface area (TPSA) is 103 Å².